The van der Waals surface area contributed by atoms with Gasteiger partial charge in [-0.05, 0) is 25.1 Å². The van der Waals surface area contributed by atoms with Crippen molar-refractivity contribution < 1.29 is 14.6 Å². The van der Waals surface area contributed by atoms with Gasteiger partial charge in [-0.15, -0.1) is 0 Å². The molecule has 1 aromatic carbocycles. The van der Waals surface area contributed by atoms with E-state index in [4.69, 9.17) is 21.4 Å². The highest BCUT2D eigenvalue weighted by Gasteiger charge is 2.12. The number of aryl methyl sites for hydroxylation is 1. The number of rotatable bonds is 7. The van der Waals surface area contributed by atoms with Crippen LogP contribution in [0.3, 0.4) is 0 Å². The third-order valence-electron chi connectivity index (χ3n) is 2.99. The molecule has 0 aliphatic carbocycles. The van der Waals surface area contributed by atoms with E-state index in [0.717, 1.165) is 5.56 Å². The van der Waals surface area contributed by atoms with Gasteiger partial charge in [-0.3, -0.25) is 9.69 Å². The Labute approximate surface area is 124 Å². The number of nitrogens with one attached hydrogen (secondary N) is 1. The smallest absolute Gasteiger partial charge is 0.238 e. The molecule has 20 heavy (non-hydrogen) atoms. The quantitative estimate of drug-likeness (QED) is 0.807. The van der Waals surface area contributed by atoms with E-state index in [0.29, 0.717) is 29.5 Å². The van der Waals surface area contributed by atoms with E-state index < -0.39 is 0 Å². The fourth-order valence-corrected chi connectivity index (χ4v) is 1.97. The highest BCUT2D eigenvalue weighted by molar-refractivity contribution is 6.31. The maximum Gasteiger partial charge on any atom is 0.238 e. The van der Waals surface area contributed by atoms with Gasteiger partial charge < -0.3 is 15.2 Å². The van der Waals surface area contributed by atoms with E-state index in [1.807, 2.05) is 18.7 Å². The summed E-state index contributed by atoms with van der Waals surface area (Å²) in [5.41, 5.74) is 1.46. The van der Waals surface area contributed by atoms with Crippen LogP contribution in [-0.2, 0) is 4.79 Å². The van der Waals surface area contributed by atoms with E-state index in [2.05, 4.69) is 5.32 Å². The number of hydrogen-bond acceptors (Lipinski definition) is 4. The third-order valence-corrected chi connectivity index (χ3v) is 3.39. The SMILES string of the molecule is CCN(CCO)CC(=O)Nc1cc(C)c(Cl)cc1OC. The van der Waals surface area contributed by atoms with E-state index in [1.54, 1.807) is 12.1 Å². The Morgan fingerprint density at radius 3 is 2.75 bits per heavy atom. The molecule has 0 aliphatic rings. The molecular formula is C14H21ClN2O3. The summed E-state index contributed by atoms with van der Waals surface area (Å²) in [5, 5.41) is 12.3. The van der Waals surface area contributed by atoms with Crippen molar-refractivity contribution in [3.05, 3.63) is 22.7 Å². The molecule has 2 N–H and O–H groups in total. The van der Waals surface area contributed by atoms with Crippen molar-refractivity contribution in [2.45, 2.75) is 13.8 Å². The first-order chi connectivity index (χ1) is 9.51. The molecule has 0 bridgehead atoms. The van der Waals surface area contributed by atoms with Gasteiger partial charge in [0, 0.05) is 17.6 Å². The van der Waals surface area contributed by atoms with Gasteiger partial charge in [0.25, 0.3) is 0 Å². The molecule has 6 heteroatoms. The predicted octanol–water partition coefficient (Wildman–Crippen LogP) is 1.91. The number of aliphatic hydroxyl groups excluding tert-OH is 1. The van der Waals surface area contributed by atoms with Gasteiger partial charge in [-0.25, -0.2) is 0 Å². The van der Waals surface area contributed by atoms with Crippen LogP contribution in [0.2, 0.25) is 5.02 Å². The number of benzene rings is 1. The lowest BCUT2D eigenvalue weighted by atomic mass is 10.2. The monoisotopic (exact) mass is 300 g/mol. The van der Waals surface area contributed by atoms with Gasteiger partial charge in [-0.2, -0.15) is 0 Å². The van der Waals surface area contributed by atoms with Crippen molar-refractivity contribution >= 4 is 23.2 Å². The number of carbonyl (C=O) groups is 1. The Kier molecular flexibility index (Phi) is 6.78. The molecule has 0 aromatic heterocycles. The topological polar surface area (TPSA) is 61.8 Å². The molecule has 0 saturated heterocycles. The second-order valence-electron chi connectivity index (χ2n) is 4.44. The number of amides is 1. The minimum absolute atomic E-state index is 0.0322. The minimum atomic E-state index is -0.152. The molecular weight excluding hydrogens is 280 g/mol. The van der Waals surface area contributed by atoms with Crippen LogP contribution in [0.5, 0.6) is 5.75 Å². The Morgan fingerprint density at radius 1 is 1.50 bits per heavy atom. The molecule has 1 aromatic rings. The second kappa shape index (κ2) is 8.09. The first-order valence-corrected chi connectivity index (χ1v) is 6.86. The number of ether oxygens (including phenoxy) is 1. The average Bonchev–Trinajstić information content (AvgIpc) is 2.42. The second-order valence-corrected chi connectivity index (χ2v) is 4.85. The van der Waals surface area contributed by atoms with Crippen LogP contribution in [-0.4, -0.2) is 49.3 Å². The number of halogens is 1. The zero-order valence-electron chi connectivity index (χ0n) is 12.1. The van der Waals surface area contributed by atoms with Crippen LogP contribution in [0.4, 0.5) is 5.69 Å². The highest BCUT2D eigenvalue weighted by atomic mass is 35.5. The zero-order chi connectivity index (χ0) is 15.1. The Balaban J connectivity index is 2.77. The van der Waals surface area contributed by atoms with Gasteiger partial charge in [0.15, 0.2) is 0 Å². The molecule has 1 amide bonds. The first-order valence-electron chi connectivity index (χ1n) is 6.49. The molecule has 112 valence electrons. The van der Waals surface area contributed by atoms with Crippen LogP contribution >= 0.6 is 11.6 Å². The molecule has 0 radical (unpaired) electrons. The lowest BCUT2D eigenvalue weighted by Gasteiger charge is -2.19. The van der Waals surface area contributed by atoms with E-state index in [1.165, 1.54) is 7.11 Å². The van der Waals surface area contributed by atoms with Crippen LogP contribution in [0.25, 0.3) is 0 Å². The van der Waals surface area contributed by atoms with Crippen LogP contribution in [0.15, 0.2) is 12.1 Å². The number of methoxy groups -OCH3 is 1. The van der Waals surface area contributed by atoms with Crippen molar-refractivity contribution in [2.75, 3.05) is 38.7 Å². The van der Waals surface area contributed by atoms with Crippen molar-refractivity contribution in [1.29, 1.82) is 0 Å². The Bertz CT molecular complexity index is 466. The number of likely N-dealkylation sites (N-methyl/N-ethyl adjacent to an activating group) is 1. The molecule has 0 saturated carbocycles. The molecule has 0 unspecified atom stereocenters. The van der Waals surface area contributed by atoms with Gasteiger partial charge in [0.2, 0.25) is 5.91 Å². The summed E-state index contributed by atoms with van der Waals surface area (Å²) in [5.74, 6) is 0.375. The molecule has 0 atom stereocenters. The third kappa shape index (κ3) is 4.67. The fraction of sp³-hybridized carbons (Fsp3) is 0.500. The van der Waals surface area contributed by atoms with Crippen LogP contribution in [0, 0.1) is 6.92 Å². The van der Waals surface area contributed by atoms with Gasteiger partial charge in [-0.1, -0.05) is 18.5 Å². The van der Waals surface area contributed by atoms with E-state index in [-0.39, 0.29) is 19.1 Å². The Morgan fingerprint density at radius 2 is 2.20 bits per heavy atom. The summed E-state index contributed by atoms with van der Waals surface area (Å²) >= 11 is 6.02. The lowest BCUT2D eigenvalue weighted by Crippen LogP contribution is -2.35. The number of aliphatic hydroxyl groups is 1. The normalized spacial score (nSPS) is 10.7. The molecule has 5 nitrogen and oxygen atoms in total. The maximum absolute atomic E-state index is 12.0. The Hall–Kier alpha value is -1.30. The number of anilines is 1. The number of hydrogen-bond donors (Lipinski definition) is 2. The van der Waals surface area contributed by atoms with Crippen molar-refractivity contribution in [1.82, 2.24) is 4.90 Å². The molecule has 0 aliphatic heterocycles. The zero-order valence-corrected chi connectivity index (χ0v) is 12.8. The first kappa shape index (κ1) is 16.8. The van der Waals surface area contributed by atoms with Gasteiger partial charge in [0.05, 0.1) is 25.9 Å². The van der Waals surface area contributed by atoms with Crippen LogP contribution < -0.4 is 10.1 Å². The van der Waals surface area contributed by atoms with Crippen LogP contribution in [0.1, 0.15) is 12.5 Å². The standard InChI is InChI=1S/C14H21ClN2O3/c1-4-17(5-6-18)9-14(19)16-12-7-10(2)11(15)8-13(12)20-3/h7-8,18H,4-6,9H2,1-3H3,(H,16,19). The largest absolute Gasteiger partial charge is 0.495 e. The summed E-state index contributed by atoms with van der Waals surface area (Å²) in [6, 6.07) is 3.46. The number of carbonyl (C=O) groups excluding carboxylic acids is 1. The summed E-state index contributed by atoms with van der Waals surface area (Å²) in [7, 11) is 1.53. The number of nitrogens with zero attached hydrogens (tertiary/aromatic N) is 1. The summed E-state index contributed by atoms with van der Waals surface area (Å²) in [6.45, 7) is 5.23. The molecule has 0 spiro atoms. The van der Waals surface area contributed by atoms with Gasteiger partial charge in [0.1, 0.15) is 5.75 Å². The summed E-state index contributed by atoms with van der Waals surface area (Å²) < 4.78 is 5.21. The van der Waals surface area contributed by atoms with E-state index in [9.17, 15) is 4.79 Å². The van der Waals surface area contributed by atoms with Gasteiger partial charge >= 0.3 is 0 Å². The van der Waals surface area contributed by atoms with E-state index >= 15 is 0 Å². The predicted molar refractivity (Wildman–Crippen MR) is 80.6 cm³/mol. The summed E-state index contributed by atoms with van der Waals surface area (Å²) in [6.07, 6.45) is 0. The maximum atomic E-state index is 12.0. The molecule has 1 rings (SSSR count). The fourth-order valence-electron chi connectivity index (χ4n) is 1.81. The molecule has 0 fully saturated rings. The molecule has 0 heterocycles. The highest BCUT2D eigenvalue weighted by Crippen LogP contribution is 2.30. The average molecular weight is 301 g/mol. The van der Waals surface area contributed by atoms with Crippen molar-refractivity contribution in [2.24, 2.45) is 0 Å². The van der Waals surface area contributed by atoms with Crippen molar-refractivity contribution in [3.63, 3.8) is 0 Å². The lowest BCUT2D eigenvalue weighted by molar-refractivity contribution is -0.117. The minimum Gasteiger partial charge on any atom is -0.495 e. The van der Waals surface area contributed by atoms with Crippen molar-refractivity contribution in [3.8, 4) is 5.75 Å². The summed E-state index contributed by atoms with van der Waals surface area (Å²) in [4.78, 5) is 13.8.